The number of rotatable bonds is 7. The first kappa shape index (κ1) is 23.3. The summed E-state index contributed by atoms with van der Waals surface area (Å²) in [5.41, 5.74) is 2.35. The number of hydrogen-bond acceptors (Lipinski definition) is 6. The van der Waals surface area contributed by atoms with E-state index < -0.39 is 11.7 Å². The Hall–Kier alpha value is -3.39. The molecule has 0 bridgehead atoms. The number of carbonyl (C=O) groups excluding carboxylic acids is 1. The quantitative estimate of drug-likeness (QED) is 0.517. The largest absolute Gasteiger partial charge is 0.417 e. The maximum atomic E-state index is 12.6. The van der Waals surface area contributed by atoms with Crippen LogP contribution in [0.3, 0.4) is 0 Å². The Morgan fingerprint density at radius 1 is 1.28 bits per heavy atom. The first-order chi connectivity index (χ1) is 15.1. The van der Waals surface area contributed by atoms with Crippen molar-refractivity contribution >= 4 is 29.0 Å². The van der Waals surface area contributed by atoms with Crippen LogP contribution in [0.4, 0.5) is 19.0 Å². The Kier molecular flexibility index (Phi) is 6.84. The molecule has 0 aliphatic rings. The highest BCUT2D eigenvalue weighted by Crippen LogP contribution is 2.32. The topological polar surface area (TPSA) is 108 Å². The van der Waals surface area contributed by atoms with Gasteiger partial charge >= 0.3 is 6.18 Å². The summed E-state index contributed by atoms with van der Waals surface area (Å²) < 4.78 is 39.5. The molecule has 0 saturated carbocycles. The number of amides is 1. The van der Waals surface area contributed by atoms with Crippen LogP contribution < -0.4 is 10.6 Å². The zero-order valence-electron chi connectivity index (χ0n) is 17.2. The molecule has 0 spiro atoms. The number of aryl methyl sites for hydroxylation is 2. The van der Waals surface area contributed by atoms with E-state index in [1.807, 2.05) is 19.9 Å². The molecule has 32 heavy (non-hydrogen) atoms. The molecule has 3 heterocycles. The summed E-state index contributed by atoms with van der Waals surface area (Å²) in [7, 11) is 0. The van der Waals surface area contributed by atoms with Crippen molar-refractivity contribution in [2.24, 2.45) is 0 Å². The van der Waals surface area contributed by atoms with Crippen LogP contribution in [-0.4, -0.2) is 38.6 Å². The third-order valence-corrected chi connectivity index (χ3v) is 5.13. The lowest BCUT2D eigenvalue weighted by atomic mass is 10.1. The van der Waals surface area contributed by atoms with Crippen LogP contribution in [0.5, 0.6) is 0 Å². The minimum absolute atomic E-state index is 0.107. The van der Waals surface area contributed by atoms with E-state index in [1.54, 1.807) is 4.52 Å². The van der Waals surface area contributed by atoms with Crippen molar-refractivity contribution in [3.63, 3.8) is 0 Å². The molecule has 2 N–H and O–H groups in total. The smallest absolute Gasteiger partial charge is 0.367 e. The molecule has 0 saturated heterocycles. The summed E-state index contributed by atoms with van der Waals surface area (Å²) in [6, 6.07) is 2.84. The molecular formula is C20H19ClF3N7O. The van der Waals surface area contributed by atoms with Gasteiger partial charge in [-0.1, -0.05) is 11.6 Å². The molecule has 1 amide bonds. The lowest BCUT2D eigenvalue weighted by molar-refractivity contribution is -0.137. The minimum atomic E-state index is -4.52. The van der Waals surface area contributed by atoms with E-state index in [1.165, 1.54) is 6.20 Å². The fourth-order valence-corrected chi connectivity index (χ4v) is 3.42. The van der Waals surface area contributed by atoms with Gasteiger partial charge in [-0.25, -0.2) is 14.5 Å². The van der Waals surface area contributed by atoms with Crippen molar-refractivity contribution in [1.29, 1.82) is 5.26 Å². The van der Waals surface area contributed by atoms with E-state index in [-0.39, 0.29) is 36.3 Å². The number of halogens is 4. The third-order valence-electron chi connectivity index (χ3n) is 4.84. The fraction of sp³-hybridized carbons (Fsp3) is 0.350. The van der Waals surface area contributed by atoms with Gasteiger partial charge in [0.25, 0.3) is 0 Å². The van der Waals surface area contributed by atoms with Crippen LogP contribution in [0.2, 0.25) is 5.02 Å². The Morgan fingerprint density at radius 2 is 2.03 bits per heavy atom. The lowest BCUT2D eigenvalue weighted by Gasteiger charge is -2.12. The number of fused-ring (bicyclic) bond motifs is 1. The first-order valence-corrected chi connectivity index (χ1v) is 9.96. The van der Waals surface area contributed by atoms with Crippen molar-refractivity contribution in [3.8, 4) is 6.07 Å². The van der Waals surface area contributed by atoms with Crippen molar-refractivity contribution in [2.45, 2.75) is 32.9 Å². The van der Waals surface area contributed by atoms with Gasteiger partial charge in [0.15, 0.2) is 5.65 Å². The van der Waals surface area contributed by atoms with Crippen LogP contribution in [0, 0.1) is 25.2 Å². The zero-order valence-corrected chi connectivity index (χ0v) is 18.0. The second-order valence-electron chi connectivity index (χ2n) is 7.00. The van der Waals surface area contributed by atoms with Gasteiger partial charge in [-0.05, 0) is 31.9 Å². The highest BCUT2D eigenvalue weighted by atomic mass is 35.5. The summed E-state index contributed by atoms with van der Waals surface area (Å²) in [5, 5.41) is 18.7. The Bertz CT molecular complexity index is 1200. The highest BCUT2D eigenvalue weighted by Gasteiger charge is 2.31. The first-order valence-electron chi connectivity index (χ1n) is 9.59. The number of alkyl halides is 3. The summed E-state index contributed by atoms with van der Waals surface area (Å²) in [5.74, 6) is -0.0918. The summed E-state index contributed by atoms with van der Waals surface area (Å²) in [6.07, 6.45) is -1.72. The highest BCUT2D eigenvalue weighted by molar-refractivity contribution is 6.32. The SMILES string of the molecule is Cc1nc2c(C#N)cnn2c(C)c1CCC(=O)NCCNc1ncc(C(F)(F)F)cc1Cl. The van der Waals surface area contributed by atoms with E-state index in [2.05, 4.69) is 25.7 Å². The maximum Gasteiger partial charge on any atom is 0.417 e. The van der Waals surface area contributed by atoms with E-state index in [4.69, 9.17) is 16.9 Å². The second kappa shape index (κ2) is 9.40. The number of nitrogens with zero attached hydrogens (tertiary/aromatic N) is 5. The van der Waals surface area contributed by atoms with E-state index >= 15 is 0 Å². The summed E-state index contributed by atoms with van der Waals surface area (Å²) >= 11 is 5.83. The Morgan fingerprint density at radius 3 is 2.69 bits per heavy atom. The van der Waals surface area contributed by atoms with Crippen molar-refractivity contribution < 1.29 is 18.0 Å². The van der Waals surface area contributed by atoms with Gasteiger partial charge in [0.1, 0.15) is 17.5 Å². The molecule has 3 aromatic heterocycles. The van der Waals surface area contributed by atoms with E-state index in [9.17, 15) is 18.0 Å². The van der Waals surface area contributed by atoms with Gasteiger partial charge < -0.3 is 10.6 Å². The minimum Gasteiger partial charge on any atom is -0.367 e. The number of pyridine rings is 1. The average molecular weight is 466 g/mol. The Balaban J connectivity index is 1.51. The standard InChI is InChI=1S/C20H19ClF3N7O/c1-11-15(12(2)31-19(30-11)13(8-25)9-29-31)3-4-17(32)26-5-6-27-18-16(21)7-14(10-28-18)20(22,23)24/h7,9-10H,3-6H2,1-2H3,(H,26,32)(H,27,28). The molecule has 0 unspecified atom stereocenters. The molecule has 168 valence electrons. The lowest BCUT2D eigenvalue weighted by Crippen LogP contribution is -2.29. The number of nitriles is 1. The van der Waals surface area contributed by atoms with Crippen molar-refractivity contribution in [2.75, 3.05) is 18.4 Å². The average Bonchev–Trinajstić information content (AvgIpc) is 3.14. The molecule has 3 rings (SSSR count). The van der Waals surface area contributed by atoms with Gasteiger partial charge in [0.2, 0.25) is 5.91 Å². The number of anilines is 1. The van der Waals surface area contributed by atoms with Gasteiger partial charge in [0, 0.05) is 37.1 Å². The van der Waals surface area contributed by atoms with E-state index in [0.717, 1.165) is 23.0 Å². The molecule has 0 atom stereocenters. The number of hydrogen-bond donors (Lipinski definition) is 2. The van der Waals surface area contributed by atoms with Crippen LogP contribution >= 0.6 is 11.6 Å². The third kappa shape index (κ3) is 5.08. The van der Waals surface area contributed by atoms with Crippen LogP contribution in [-0.2, 0) is 17.4 Å². The van der Waals surface area contributed by atoms with Crippen LogP contribution in [0.15, 0.2) is 18.5 Å². The van der Waals surface area contributed by atoms with Crippen LogP contribution in [0.1, 0.15) is 34.5 Å². The molecule has 0 aliphatic carbocycles. The molecule has 12 heteroatoms. The molecular weight excluding hydrogens is 447 g/mol. The monoisotopic (exact) mass is 465 g/mol. The molecule has 0 radical (unpaired) electrons. The van der Waals surface area contributed by atoms with Gasteiger partial charge in [0.05, 0.1) is 16.8 Å². The second-order valence-corrected chi connectivity index (χ2v) is 7.40. The normalized spacial score (nSPS) is 11.4. The summed E-state index contributed by atoms with van der Waals surface area (Å²) in [4.78, 5) is 20.3. The Labute approximate surface area is 186 Å². The predicted octanol–water partition coefficient (Wildman–Crippen LogP) is 3.45. The van der Waals surface area contributed by atoms with Gasteiger partial charge in [-0.15, -0.1) is 0 Å². The summed E-state index contributed by atoms with van der Waals surface area (Å²) in [6.45, 7) is 4.14. The van der Waals surface area contributed by atoms with Crippen LogP contribution in [0.25, 0.3) is 5.65 Å². The fourth-order valence-electron chi connectivity index (χ4n) is 3.18. The predicted molar refractivity (Wildman–Crippen MR) is 111 cm³/mol. The number of carbonyl (C=O) groups is 1. The van der Waals surface area contributed by atoms with E-state index in [0.29, 0.717) is 23.8 Å². The molecule has 0 aliphatic heterocycles. The maximum absolute atomic E-state index is 12.6. The molecule has 3 aromatic rings. The number of nitrogens with one attached hydrogen (secondary N) is 2. The molecule has 8 nitrogen and oxygen atoms in total. The van der Waals surface area contributed by atoms with Gasteiger partial charge in [-0.2, -0.15) is 23.5 Å². The molecule has 0 aromatic carbocycles. The van der Waals surface area contributed by atoms with Crippen molar-refractivity contribution in [3.05, 3.63) is 51.6 Å². The molecule has 0 fully saturated rings. The number of aromatic nitrogens is 4. The zero-order chi connectivity index (χ0) is 23.5. The van der Waals surface area contributed by atoms with Gasteiger partial charge in [-0.3, -0.25) is 4.79 Å². The van der Waals surface area contributed by atoms with Crippen molar-refractivity contribution in [1.82, 2.24) is 24.9 Å².